The van der Waals surface area contributed by atoms with Crippen molar-refractivity contribution in [3.8, 4) is 11.5 Å². The molecule has 4 nitrogen and oxygen atoms in total. The second kappa shape index (κ2) is 5.34. The number of hydrogen-bond acceptors (Lipinski definition) is 4. The van der Waals surface area contributed by atoms with Crippen molar-refractivity contribution in [2.75, 3.05) is 39.4 Å². The van der Waals surface area contributed by atoms with Gasteiger partial charge in [-0.15, -0.1) is 0 Å². The molecule has 2 aliphatic heterocycles. The highest BCUT2D eigenvalue weighted by molar-refractivity contribution is 6.33. The van der Waals surface area contributed by atoms with Crippen LogP contribution >= 0.6 is 11.6 Å². The fourth-order valence-corrected chi connectivity index (χ4v) is 2.63. The van der Waals surface area contributed by atoms with E-state index in [-0.39, 0.29) is 0 Å². The van der Waals surface area contributed by atoms with Gasteiger partial charge in [-0.05, 0) is 11.6 Å². The molecule has 0 saturated carbocycles. The Hall–Kier alpha value is -0.970. The molecule has 0 amide bonds. The highest BCUT2D eigenvalue weighted by Gasteiger charge is 2.19. The van der Waals surface area contributed by atoms with E-state index in [0.29, 0.717) is 24.0 Å². The van der Waals surface area contributed by atoms with Crippen molar-refractivity contribution < 1.29 is 9.47 Å². The summed E-state index contributed by atoms with van der Waals surface area (Å²) in [5, 5.41) is 4.05. The van der Waals surface area contributed by atoms with Crippen LogP contribution in [0, 0.1) is 0 Å². The third-order valence-electron chi connectivity index (χ3n) is 3.33. The molecule has 1 N–H and O–H groups in total. The Bertz CT molecular complexity index is 433. The van der Waals surface area contributed by atoms with Crippen molar-refractivity contribution in [2.24, 2.45) is 0 Å². The quantitative estimate of drug-likeness (QED) is 0.882. The van der Waals surface area contributed by atoms with Crippen molar-refractivity contribution in [3.63, 3.8) is 0 Å². The average molecular weight is 269 g/mol. The molecule has 3 rings (SSSR count). The second-order valence-corrected chi connectivity index (χ2v) is 4.97. The summed E-state index contributed by atoms with van der Waals surface area (Å²) in [7, 11) is 0. The Morgan fingerprint density at radius 1 is 1.17 bits per heavy atom. The van der Waals surface area contributed by atoms with Crippen molar-refractivity contribution in [1.29, 1.82) is 0 Å². The summed E-state index contributed by atoms with van der Waals surface area (Å²) in [6.45, 7) is 6.25. The van der Waals surface area contributed by atoms with E-state index in [1.807, 2.05) is 12.1 Å². The van der Waals surface area contributed by atoms with Crippen molar-refractivity contribution in [3.05, 3.63) is 22.7 Å². The minimum atomic E-state index is 0.573. The Balaban J connectivity index is 1.79. The average Bonchev–Trinajstić information content (AvgIpc) is 2.43. The molecule has 1 fully saturated rings. The van der Waals surface area contributed by atoms with Gasteiger partial charge < -0.3 is 14.8 Å². The fourth-order valence-electron chi connectivity index (χ4n) is 2.35. The van der Waals surface area contributed by atoms with Gasteiger partial charge in [0.05, 0.1) is 5.02 Å². The summed E-state index contributed by atoms with van der Waals surface area (Å²) >= 11 is 6.40. The van der Waals surface area contributed by atoms with E-state index < -0.39 is 0 Å². The summed E-state index contributed by atoms with van der Waals surface area (Å²) in [5.41, 5.74) is 1.11. The van der Waals surface area contributed by atoms with E-state index in [1.54, 1.807) is 0 Å². The number of ether oxygens (including phenoxy) is 2. The third-order valence-corrected chi connectivity index (χ3v) is 3.75. The predicted molar refractivity (Wildman–Crippen MR) is 70.6 cm³/mol. The largest absolute Gasteiger partial charge is 0.486 e. The van der Waals surface area contributed by atoms with E-state index >= 15 is 0 Å². The minimum absolute atomic E-state index is 0.573. The molecule has 0 unspecified atom stereocenters. The lowest BCUT2D eigenvalue weighted by Gasteiger charge is -2.28. The van der Waals surface area contributed by atoms with E-state index in [2.05, 4.69) is 10.2 Å². The molecule has 0 bridgehead atoms. The van der Waals surface area contributed by atoms with E-state index in [1.165, 1.54) is 0 Å². The van der Waals surface area contributed by atoms with Gasteiger partial charge in [0.2, 0.25) is 0 Å². The molecule has 5 heteroatoms. The summed E-state index contributed by atoms with van der Waals surface area (Å²) < 4.78 is 11.1. The van der Waals surface area contributed by atoms with Crippen LogP contribution in [-0.2, 0) is 6.54 Å². The van der Waals surface area contributed by atoms with Crippen LogP contribution in [0.15, 0.2) is 12.1 Å². The van der Waals surface area contributed by atoms with Crippen molar-refractivity contribution in [2.45, 2.75) is 6.54 Å². The molecular formula is C13H17ClN2O2. The zero-order chi connectivity index (χ0) is 12.4. The van der Waals surface area contributed by atoms with Crippen LogP contribution < -0.4 is 14.8 Å². The molecular weight excluding hydrogens is 252 g/mol. The number of rotatable bonds is 2. The Morgan fingerprint density at radius 3 is 2.78 bits per heavy atom. The lowest BCUT2D eigenvalue weighted by Crippen LogP contribution is -2.42. The lowest BCUT2D eigenvalue weighted by atomic mass is 10.1. The third kappa shape index (κ3) is 2.41. The molecule has 1 aromatic rings. The summed E-state index contributed by atoms with van der Waals surface area (Å²) in [6.07, 6.45) is 0. The molecule has 0 radical (unpaired) electrons. The molecule has 0 aliphatic carbocycles. The first-order valence-electron chi connectivity index (χ1n) is 6.34. The van der Waals surface area contributed by atoms with Crippen LogP contribution in [0.1, 0.15) is 5.56 Å². The van der Waals surface area contributed by atoms with E-state index in [9.17, 15) is 0 Å². The van der Waals surface area contributed by atoms with E-state index in [0.717, 1.165) is 44.0 Å². The predicted octanol–water partition coefficient (Wildman–Crippen LogP) is 1.52. The molecule has 1 saturated heterocycles. The maximum atomic E-state index is 6.40. The highest BCUT2D eigenvalue weighted by atomic mass is 35.5. The van der Waals surface area contributed by atoms with Gasteiger partial charge in [-0.2, -0.15) is 0 Å². The lowest BCUT2D eigenvalue weighted by molar-refractivity contribution is 0.171. The first kappa shape index (κ1) is 12.1. The first-order valence-corrected chi connectivity index (χ1v) is 6.72. The van der Waals surface area contributed by atoms with Gasteiger partial charge in [0.15, 0.2) is 11.5 Å². The number of halogens is 1. The second-order valence-electron chi connectivity index (χ2n) is 4.59. The SMILES string of the molecule is Clc1c(CN2CCNCC2)ccc2c1OCCO2. The van der Waals surface area contributed by atoms with Gasteiger partial charge in [-0.1, -0.05) is 17.7 Å². The fraction of sp³-hybridized carbons (Fsp3) is 0.538. The normalized spacial score (nSPS) is 19.8. The maximum Gasteiger partial charge on any atom is 0.180 e. The highest BCUT2D eigenvalue weighted by Crippen LogP contribution is 2.39. The monoisotopic (exact) mass is 268 g/mol. The van der Waals surface area contributed by atoms with Gasteiger partial charge in [-0.25, -0.2) is 0 Å². The van der Waals surface area contributed by atoms with Gasteiger partial charge in [0.25, 0.3) is 0 Å². The number of nitrogens with one attached hydrogen (secondary N) is 1. The zero-order valence-electron chi connectivity index (χ0n) is 10.2. The molecule has 18 heavy (non-hydrogen) atoms. The number of benzene rings is 1. The number of piperazine rings is 1. The van der Waals surface area contributed by atoms with Crippen LogP contribution in [0.25, 0.3) is 0 Å². The topological polar surface area (TPSA) is 33.7 Å². The molecule has 0 aromatic heterocycles. The molecule has 98 valence electrons. The summed E-state index contributed by atoms with van der Waals surface area (Å²) in [4.78, 5) is 2.40. The summed E-state index contributed by atoms with van der Waals surface area (Å²) in [5.74, 6) is 1.46. The van der Waals surface area contributed by atoms with E-state index in [4.69, 9.17) is 21.1 Å². The molecule has 2 aliphatic rings. The van der Waals surface area contributed by atoms with Crippen LogP contribution in [0.3, 0.4) is 0 Å². The minimum Gasteiger partial charge on any atom is -0.486 e. The number of hydrogen-bond donors (Lipinski definition) is 1. The van der Waals surface area contributed by atoms with Gasteiger partial charge in [0.1, 0.15) is 13.2 Å². The van der Waals surface area contributed by atoms with Crippen LogP contribution in [0.5, 0.6) is 11.5 Å². The van der Waals surface area contributed by atoms with Crippen LogP contribution in [0.2, 0.25) is 5.02 Å². The van der Waals surface area contributed by atoms with Crippen molar-refractivity contribution in [1.82, 2.24) is 10.2 Å². The van der Waals surface area contributed by atoms with Crippen LogP contribution in [0.4, 0.5) is 0 Å². The smallest absolute Gasteiger partial charge is 0.180 e. The molecule has 1 aromatic carbocycles. The van der Waals surface area contributed by atoms with Gasteiger partial charge in [-0.3, -0.25) is 4.90 Å². The molecule has 2 heterocycles. The summed E-state index contributed by atoms with van der Waals surface area (Å²) in [6, 6.07) is 4.00. The zero-order valence-corrected chi connectivity index (χ0v) is 11.0. The van der Waals surface area contributed by atoms with Gasteiger partial charge >= 0.3 is 0 Å². The Morgan fingerprint density at radius 2 is 1.94 bits per heavy atom. The standard InChI is InChI=1S/C13H17ClN2O2/c14-12-10(9-16-5-3-15-4-6-16)1-2-11-13(12)18-8-7-17-11/h1-2,15H,3-9H2. The Kier molecular flexibility index (Phi) is 3.59. The first-order chi connectivity index (χ1) is 8.84. The Labute approximate surface area is 112 Å². The number of nitrogens with zero attached hydrogens (tertiary/aromatic N) is 1. The molecule has 0 atom stereocenters. The van der Waals surface area contributed by atoms with Crippen LogP contribution in [-0.4, -0.2) is 44.3 Å². The molecule has 0 spiro atoms. The maximum absolute atomic E-state index is 6.40. The number of fused-ring (bicyclic) bond motifs is 1. The van der Waals surface area contributed by atoms with Gasteiger partial charge in [0, 0.05) is 32.7 Å². The van der Waals surface area contributed by atoms with Crippen molar-refractivity contribution >= 4 is 11.6 Å².